The molecule has 1 spiro atoms. The third kappa shape index (κ3) is 1.33. The molecule has 3 saturated heterocycles. The molecule has 0 aromatic heterocycles. The summed E-state index contributed by atoms with van der Waals surface area (Å²) in [7, 11) is 0. The van der Waals surface area contributed by atoms with E-state index in [1.54, 1.807) is 0 Å². The number of para-hydroxylation sites is 1. The number of piperidine rings is 2. The summed E-state index contributed by atoms with van der Waals surface area (Å²) in [6.07, 6.45) is 3.35. The minimum Gasteiger partial charge on any atom is -0.391 e. The molecule has 3 unspecified atom stereocenters. The predicted octanol–water partition coefficient (Wildman–Crippen LogP) is 1.06. The number of anilines is 1. The average molecular weight is 350 g/mol. The predicted molar refractivity (Wildman–Crippen MR) is 94.8 cm³/mol. The van der Waals surface area contributed by atoms with Gasteiger partial charge in [-0.3, -0.25) is 9.69 Å². The van der Waals surface area contributed by atoms with E-state index in [1.165, 1.54) is 11.1 Å². The number of carbonyl (C=O) groups is 1. The second kappa shape index (κ2) is 4.41. The van der Waals surface area contributed by atoms with Crippen molar-refractivity contribution >= 4 is 11.6 Å². The summed E-state index contributed by atoms with van der Waals surface area (Å²) in [5.41, 5.74) is 3.34. The van der Waals surface area contributed by atoms with Crippen molar-refractivity contribution in [2.45, 2.75) is 42.5 Å². The van der Waals surface area contributed by atoms with Gasteiger partial charge in [-0.05, 0) is 24.0 Å². The second-order valence-corrected chi connectivity index (χ2v) is 8.89. The average Bonchev–Trinajstić information content (AvgIpc) is 3.05. The highest BCUT2D eigenvalue weighted by atomic mass is 16.5. The van der Waals surface area contributed by atoms with Gasteiger partial charge in [-0.1, -0.05) is 29.8 Å². The lowest BCUT2D eigenvalue weighted by atomic mass is 9.53. The lowest BCUT2D eigenvalue weighted by Crippen LogP contribution is -2.71. The van der Waals surface area contributed by atoms with Gasteiger partial charge in [0.1, 0.15) is 0 Å². The molecule has 1 amide bonds. The Bertz CT molecular complexity index is 882. The topological polar surface area (TPSA) is 53.0 Å². The van der Waals surface area contributed by atoms with E-state index in [4.69, 9.17) is 4.74 Å². The Morgan fingerprint density at radius 3 is 3.08 bits per heavy atom. The van der Waals surface area contributed by atoms with Crippen molar-refractivity contribution in [1.82, 2.24) is 4.90 Å². The van der Waals surface area contributed by atoms with Crippen LogP contribution in [0, 0.1) is 11.8 Å². The molecular formula is C21H22N2O3. The highest BCUT2D eigenvalue weighted by molar-refractivity contribution is 5.99. The molecule has 5 nitrogen and oxygen atoms in total. The van der Waals surface area contributed by atoms with E-state index >= 15 is 0 Å². The van der Waals surface area contributed by atoms with Crippen LogP contribution in [0.2, 0.25) is 0 Å². The molecule has 1 aromatic rings. The third-order valence-electron chi connectivity index (χ3n) is 8.25. The first kappa shape index (κ1) is 14.4. The quantitative estimate of drug-likeness (QED) is 0.711. The molecule has 5 heteroatoms. The van der Waals surface area contributed by atoms with Crippen LogP contribution < -0.4 is 4.90 Å². The number of carbonyl (C=O) groups excluding carboxylic acids is 1. The minimum absolute atomic E-state index is 0.0195. The highest BCUT2D eigenvalue weighted by Gasteiger charge is 2.73. The van der Waals surface area contributed by atoms with Crippen molar-refractivity contribution in [1.29, 1.82) is 0 Å². The Balaban J connectivity index is 1.57. The highest BCUT2D eigenvalue weighted by Crippen LogP contribution is 2.65. The van der Waals surface area contributed by atoms with Gasteiger partial charge < -0.3 is 14.7 Å². The van der Waals surface area contributed by atoms with Crippen molar-refractivity contribution in [3.8, 4) is 0 Å². The number of hydrogen-bond donors (Lipinski definition) is 1. The maximum absolute atomic E-state index is 13.2. The first-order valence-corrected chi connectivity index (χ1v) is 9.85. The van der Waals surface area contributed by atoms with Gasteiger partial charge in [-0.15, -0.1) is 0 Å². The van der Waals surface area contributed by atoms with Gasteiger partial charge in [0.05, 0.1) is 36.7 Å². The molecule has 26 heavy (non-hydrogen) atoms. The molecule has 1 aliphatic carbocycles. The van der Waals surface area contributed by atoms with Crippen LogP contribution in [0.3, 0.4) is 0 Å². The lowest BCUT2D eigenvalue weighted by Gasteiger charge is -2.59. The maximum Gasteiger partial charge on any atom is 0.229 e. The van der Waals surface area contributed by atoms with Crippen LogP contribution in [0.4, 0.5) is 5.69 Å². The zero-order chi connectivity index (χ0) is 17.2. The van der Waals surface area contributed by atoms with E-state index < -0.39 is 6.10 Å². The summed E-state index contributed by atoms with van der Waals surface area (Å²) in [6, 6.07) is 8.66. The van der Waals surface area contributed by atoms with E-state index in [0.717, 1.165) is 18.7 Å². The molecular weight excluding hydrogens is 328 g/mol. The molecule has 5 heterocycles. The Morgan fingerprint density at radius 1 is 1.27 bits per heavy atom. The van der Waals surface area contributed by atoms with Crippen molar-refractivity contribution in [2.24, 2.45) is 11.8 Å². The number of fused-ring (bicyclic) bond motifs is 2. The van der Waals surface area contributed by atoms with E-state index in [0.29, 0.717) is 37.5 Å². The minimum atomic E-state index is -0.433. The first-order valence-electron chi connectivity index (χ1n) is 9.85. The molecule has 7 rings (SSSR count). The van der Waals surface area contributed by atoms with E-state index in [-0.39, 0.29) is 23.5 Å². The van der Waals surface area contributed by atoms with Gasteiger partial charge in [0.15, 0.2) is 0 Å². The summed E-state index contributed by atoms with van der Waals surface area (Å²) in [4.78, 5) is 17.7. The van der Waals surface area contributed by atoms with Crippen molar-refractivity contribution in [2.75, 3.05) is 24.6 Å². The first-order chi connectivity index (χ1) is 12.7. The zero-order valence-corrected chi connectivity index (χ0v) is 14.5. The van der Waals surface area contributed by atoms with Crippen LogP contribution in [0.15, 0.2) is 35.9 Å². The van der Waals surface area contributed by atoms with Gasteiger partial charge in [-0.25, -0.2) is 0 Å². The molecule has 6 aliphatic rings. The number of benzene rings is 1. The Labute approximate surface area is 152 Å². The summed E-state index contributed by atoms with van der Waals surface area (Å²) >= 11 is 0. The van der Waals surface area contributed by atoms with Gasteiger partial charge in [0, 0.05) is 30.7 Å². The molecule has 0 radical (unpaired) electrons. The van der Waals surface area contributed by atoms with Crippen molar-refractivity contribution in [3.63, 3.8) is 0 Å². The SMILES string of the molecule is O=C1C[C@@H]2OCC=C3CN4C[C@@H](O)C56c7ccccc7N1[C@H]5C2[C@H]3CC46. The van der Waals surface area contributed by atoms with E-state index in [1.807, 2.05) is 6.07 Å². The monoisotopic (exact) mass is 350 g/mol. The molecule has 2 bridgehead atoms. The van der Waals surface area contributed by atoms with Gasteiger partial charge in [0.2, 0.25) is 5.91 Å². The lowest BCUT2D eigenvalue weighted by molar-refractivity contribution is -0.133. The third-order valence-corrected chi connectivity index (χ3v) is 8.25. The number of aliphatic hydroxyl groups is 1. The molecule has 1 N–H and O–H groups in total. The molecule has 1 saturated carbocycles. The number of rotatable bonds is 0. The standard InChI is InChI=1S/C21H22N2O3/c24-17-10-22-9-11-5-6-26-15-8-18(25)23-14-4-2-1-3-13(14)21(17)16(22)7-12(11)19(15)20(21)23/h1-5,12,15-17,19-20,24H,6-10H2/t12-,15-,16?,17+,19?,20-,21?/m0/s1. The van der Waals surface area contributed by atoms with Gasteiger partial charge in [-0.2, -0.15) is 0 Å². The largest absolute Gasteiger partial charge is 0.391 e. The van der Waals surface area contributed by atoms with Crippen LogP contribution in [0.1, 0.15) is 18.4 Å². The fourth-order valence-electron chi connectivity index (χ4n) is 7.55. The fraction of sp³-hybridized carbons (Fsp3) is 0.571. The fourth-order valence-corrected chi connectivity index (χ4v) is 7.55. The molecule has 7 atom stereocenters. The molecule has 5 aliphatic heterocycles. The Kier molecular flexibility index (Phi) is 2.44. The smallest absolute Gasteiger partial charge is 0.229 e. The van der Waals surface area contributed by atoms with E-state index in [9.17, 15) is 9.90 Å². The van der Waals surface area contributed by atoms with Gasteiger partial charge in [0.25, 0.3) is 0 Å². The maximum atomic E-state index is 13.2. The second-order valence-electron chi connectivity index (χ2n) is 8.89. The van der Waals surface area contributed by atoms with Crippen molar-refractivity contribution < 1.29 is 14.6 Å². The van der Waals surface area contributed by atoms with Gasteiger partial charge >= 0.3 is 0 Å². The van der Waals surface area contributed by atoms with Crippen LogP contribution in [0.25, 0.3) is 0 Å². The number of nitrogens with zero attached hydrogens (tertiary/aromatic N) is 2. The van der Waals surface area contributed by atoms with Crippen LogP contribution in [0.5, 0.6) is 0 Å². The summed E-state index contributed by atoms with van der Waals surface area (Å²) in [6.45, 7) is 2.28. The van der Waals surface area contributed by atoms with Crippen LogP contribution in [-0.2, 0) is 14.9 Å². The number of hydrogen-bond acceptors (Lipinski definition) is 4. The summed E-state index contributed by atoms with van der Waals surface area (Å²) in [5, 5.41) is 11.4. The molecule has 134 valence electrons. The normalized spacial score (nSPS) is 47.5. The number of ether oxygens (including phenoxy) is 1. The zero-order valence-electron chi connectivity index (χ0n) is 14.5. The Morgan fingerprint density at radius 2 is 2.15 bits per heavy atom. The number of amides is 1. The van der Waals surface area contributed by atoms with E-state index in [2.05, 4.69) is 34.1 Å². The van der Waals surface area contributed by atoms with Crippen molar-refractivity contribution in [3.05, 3.63) is 41.5 Å². The summed E-state index contributed by atoms with van der Waals surface area (Å²) in [5.74, 6) is 0.937. The van der Waals surface area contributed by atoms with Crippen LogP contribution in [-0.4, -0.2) is 59.9 Å². The molecule has 4 fully saturated rings. The molecule has 1 aromatic carbocycles. The Hall–Kier alpha value is -1.69. The number of aliphatic hydroxyl groups excluding tert-OH is 1. The van der Waals surface area contributed by atoms with Crippen LogP contribution >= 0.6 is 0 Å². The summed E-state index contributed by atoms with van der Waals surface area (Å²) < 4.78 is 6.20.